The van der Waals surface area contributed by atoms with E-state index >= 15 is 0 Å². The lowest BCUT2D eigenvalue weighted by atomic mass is 9.98. The van der Waals surface area contributed by atoms with Gasteiger partial charge in [0.1, 0.15) is 0 Å². The van der Waals surface area contributed by atoms with Crippen molar-refractivity contribution in [3.05, 3.63) is 59.2 Å². The molecule has 0 heterocycles. The van der Waals surface area contributed by atoms with Crippen LogP contribution in [0.4, 0.5) is 20.2 Å². The molecule has 0 saturated heterocycles. The molecule has 2 aromatic rings. The first-order valence-corrected chi connectivity index (χ1v) is 8.83. The van der Waals surface area contributed by atoms with Gasteiger partial charge in [0, 0.05) is 37.3 Å². The molecule has 1 N–H and O–H groups in total. The van der Waals surface area contributed by atoms with E-state index in [0.717, 1.165) is 28.9 Å². The highest BCUT2D eigenvalue weighted by Crippen LogP contribution is 2.27. The van der Waals surface area contributed by atoms with E-state index in [9.17, 15) is 18.4 Å². The molecular weight excluding hydrogens is 350 g/mol. The first-order chi connectivity index (χ1) is 12.7. The normalized spacial score (nSPS) is 10.8. The van der Waals surface area contributed by atoms with Crippen LogP contribution in [-0.2, 0) is 9.59 Å². The van der Waals surface area contributed by atoms with Gasteiger partial charge in [-0.3, -0.25) is 9.59 Å². The largest absolute Gasteiger partial charge is 0.326 e. The number of nitrogens with zero attached hydrogens (tertiary/aromatic N) is 1. The zero-order valence-corrected chi connectivity index (χ0v) is 16.0. The van der Waals surface area contributed by atoms with Crippen LogP contribution in [0.1, 0.15) is 44.2 Å². The molecule has 0 aliphatic heterocycles. The predicted molar refractivity (Wildman–Crippen MR) is 103 cm³/mol. The third-order valence-electron chi connectivity index (χ3n) is 4.35. The molecule has 6 heteroatoms. The molecule has 0 unspecified atom stereocenters. The molecule has 0 spiro atoms. The van der Waals surface area contributed by atoms with Crippen LogP contribution in [0, 0.1) is 18.6 Å². The summed E-state index contributed by atoms with van der Waals surface area (Å²) in [6, 6.07) is 9.06. The summed E-state index contributed by atoms with van der Waals surface area (Å²) in [5.74, 6) is -2.38. The second-order valence-corrected chi connectivity index (χ2v) is 6.76. The highest BCUT2D eigenvalue weighted by atomic mass is 19.2. The minimum Gasteiger partial charge on any atom is -0.326 e. The summed E-state index contributed by atoms with van der Waals surface area (Å²) in [4.78, 5) is 25.6. The first-order valence-electron chi connectivity index (χ1n) is 8.83. The van der Waals surface area contributed by atoms with Crippen molar-refractivity contribution < 1.29 is 18.4 Å². The maximum absolute atomic E-state index is 13.5. The van der Waals surface area contributed by atoms with Gasteiger partial charge in [-0.2, -0.15) is 0 Å². The standard InChI is InChI=1S/C21H24F2N2O2/c1-13(2)17-7-5-6-14(3)21(17)24-20(27)10-11-25(15(4)26)16-8-9-18(22)19(23)12-16/h5-9,12-13H,10-11H2,1-4H3,(H,24,27). The van der Waals surface area contributed by atoms with Gasteiger partial charge in [0.15, 0.2) is 11.6 Å². The summed E-state index contributed by atoms with van der Waals surface area (Å²) in [5.41, 5.74) is 2.98. The Morgan fingerprint density at radius 3 is 2.41 bits per heavy atom. The molecule has 0 aromatic heterocycles. The Morgan fingerprint density at radius 1 is 1.11 bits per heavy atom. The van der Waals surface area contributed by atoms with Crippen LogP contribution in [0.3, 0.4) is 0 Å². The zero-order chi connectivity index (χ0) is 20.1. The van der Waals surface area contributed by atoms with E-state index in [1.165, 1.54) is 17.9 Å². The first kappa shape index (κ1) is 20.6. The molecule has 0 aliphatic carbocycles. The summed E-state index contributed by atoms with van der Waals surface area (Å²) >= 11 is 0. The van der Waals surface area contributed by atoms with E-state index in [1.54, 1.807) is 0 Å². The summed E-state index contributed by atoms with van der Waals surface area (Å²) in [7, 11) is 0. The lowest BCUT2D eigenvalue weighted by molar-refractivity contribution is -0.117. The SMILES string of the molecule is CC(=O)N(CCC(=O)Nc1c(C)cccc1C(C)C)c1ccc(F)c(F)c1. The molecule has 2 amide bonds. The number of rotatable bonds is 6. The number of amides is 2. The number of aryl methyl sites for hydroxylation is 1. The third-order valence-corrected chi connectivity index (χ3v) is 4.35. The Kier molecular flexibility index (Phi) is 6.66. The van der Waals surface area contributed by atoms with Gasteiger partial charge in [0.05, 0.1) is 0 Å². The number of para-hydroxylation sites is 1. The fourth-order valence-electron chi connectivity index (χ4n) is 2.88. The fourth-order valence-corrected chi connectivity index (χ4v) is 2.88. The van der Waals surface area contributed by atoms with Crippen molar-refractivity contribution in [1.29, 1.82) is 0 Å². The number of halogens is 2. The topological polar surface area (TPSA) is 49.4 Å². The van der Waals surface area contributed by atoms with Crippen LogP contribution in [0.2, 0.25) is 0 Å². The molecule has 144 valence electrons. The number of carbonyl (C=O) groups is 2. The Morgan fingerprint density at radius 2 is 1.81 bits per heavy atom. The lowest BCUT2D eigenvalue weighted by Gasteiger charge is -2.22. The molecule has 0 radical (unpaired) electrons. The molecule has 27 heavy (non-hydrogen) atoms. The maximum atomic E-state index is 13.5. The highest BCUT2D eigenvalue weighted by Gasteiger charge is 2.17. The van der Waals surface area contributed by atoms with E-state index < -0.39 is 11.6 Å². The number of nitrogens with one attached hydrogen (secondary N) is 1. The van der Waals surface area contributed by atoms with Crippen molar-refractivity contribution in [3.63, 3.8) is 0 Å². The fraction of sp³-hybridized carbons (Fsp3) is 0.333. The lowest BCUT2D eigenvalue weighted by Crippen LogP contribution is -2.32. The van der Waals surface area contributed by atoms with E-state index in [0.29, 0.717) is 0 Å². The monoisotopic (exact) mass is 374 g/mol. The number of hydrogen-bond donors (Lipinski definition) is 1. The van der Waals surface area contributed by atoms with Crippen LogP contribution in [0.15, 0.2) is 36.4 Å². The smallest absolute Gasteiger partial charge is 0.226 e. The van der Waals surface area contributed by atoms with Crippen molar-refractivity contribution in [2.75, 3.05) is 16.8 Å². The summed E-state index contributed by atoms with van der Waals surface area (Å²) in [5, 5.41) is 2.92. The summed E-state index contributed by atoms with van der Waals surface area (Å²) in [6.07, 6.45) is 0.0322. The minimum absolute atomic E-state index is 0.0322. The van der Waals surface area contributed by atoms with E-state index in [4.69, 9.17) is 0 Å². The van der Waals surface area contributed by atoms with Crippen LogP contribution in [0.5, 0.6) is 0 Å². The summed E-state index contributed by atoms with van der Waals surface area (Å²) in [6.45, 7) is 7.40. The second-order valence-electron chi connectivity index (χ2n) is 6.76. The average Bonchev–Trinajstić information content (AvgIpc) is 2.59. The van der Waals surface area contributed by atoms with Crippen LogP contribution < -0.4 is 10.2 Å². The Labute approximate surface area is 158 Å². The van der Waals surface area contributed by atoms with Gasteiger partial charge in [0.2, 0.25) is 11.8 Å². The molecule has 0 saturated carbocycles. The Balaban J connectivity index is 2.11. The van der Waals surface area contributed by atoms with Gasteiger partial charge < -0.3 is 10.2 Å². The van der Waals surface area contributed by atoms with Crippen molar-refractivity contribution in [3.8, 4) is 0 Å². The van der Waals surface area contributed by atoms with Gasteiger partial charge in [-0.05, 0) is 36.1 Å². The Bertz CT molecular complexity index is 850. The molecule has 2 aromatic carbocycles. The second kappa shape index (κ2) is 8.75. The molecule has 4 nitrogen and oxygen atoms in total. The van der Waals surface area contributed by atoms with Crippen LogP contribution >= 0.6 is 0 Å². The molecule has 0 aliphatic rings. The van der Waals surface area contributed by atoms with Crippen LogP contribution in [-0.4, -0.2) is 18.4 Å². The van der Waals surface area contributed by atoms with E-state index in [2.05, 4.69) is 5.32 Å². The zero-order valence-electron chi connectivity index (χ0n) is 16.0. The van der Waals surface area contributed by atoms with Crippen molar-refractivity contribution in [2.24, 2.45) is 0 Å². The van der Waals surface area contributed by atoms with E-state index in [1.807, 2.05) is 39.0 Å². The molecular formula is C21H24F2N2O2. The van der Waals surface area contributed by atoms with Gasteiger partial charge in [-0.25, -0.2) is 8.78 Å². The molecule has 2 rings (SSSR count). The quantitative estimate of drug-likeness (QED) is 0.791. The Hall–Kier alpha value is -2.76. The van der Waals surface area contributed by atoms with Gasteiger partial charge in [-0.15, -0.1) is 0 Å². The molecule has 0 fully saturated rings. The molecule has 0 bridgehead atoms. The van der Waals surface area contributed by atoms with Gasteiger partial charge in [0.25, 0.3) is 0 Å². The predicted octanol–water partition coefficient (Wildman–Crippen LogP) is 4.78. The van der Waals surface area contributed by atoms with Crippen molar-refractivity contribution >= 4 is 23.2 Å². The number of hydrogen-bond acceptors (Lipinski definition) is 2. The number of anilines is 2. The third kappa shape index (κ3) is 5.12. The number of carbonyl (C=O) groups excluding carboxylic acids is 2. The maximum Gasteiger partial charge on any atom is 0.226 e. The molecule has 0 atom stereocenters. The van der Waals surface area contributed by atoms with Crippen molar-refractivity contribution in [2.45, 2.75) is 40.0 Å². The van der Waals surface area contributed by atoms with Crippen LogP contribution in [0.25, 0.3) is 0 Å². The van der Waals surface area contributed by atoms with E-state index in [-0.39, 0.29) is 36.4 Å². The minimum atomic E-state index is -1.04. The van der Waals surface area contributed by atoms with Crippen molar-refractivity contribution in [1.82, 2.24) is 0 Å². The highest BCUT2D eigenvalue weighted by molar-refractivity contribution is 5.95. The number of benzene rings is 2. The van der Waals surface area contributed by atoms with Gasteiger partial charge in [-0.1, -0.05) is 32.0 Å². The summed E-state index contributed by atoms with van der Waals surface area (Å²) < 4.78 is 26.6. The average molecular weight is 374 g/mol. The van der Waals surface area contributed by atoms with Gasteiger partial charge >= 0.3 is 0 Å².